The summed E-state index contributed by atoms with van der Waals surface area (Å²) in [6.07, 6.45) is 7.63. The van der Waals surface area contributed by atoms with Crippen molar-refractivity contribution in [1.29, 1.82) is 0 Å². The van der Waals surface area contributed by atoms with E-state index in [0.717, 1.165) is 31.1 Å². The molecule has 23 heavy (non-hydrogen) atoms. The number of nitrogens with one attached hydrogen (secondary N) is 1. The second kappa shape index (κ2) is 6.89. The van der Waals surface area contributed by atoms with E-state index in [4.69, 9.17) is 0 Å². The third-order valence-corrected chi connectivity index (χ3v) is 5.71. The fourth-order valence-corrected chi connectivity index (χ4v) is 4.44. The van der Waals surface area contributed by atoms with Crippen LogP contribution < -0.4 is 10.2 Å². The molecular weight excluding hydrogens is 304 g/mol. The van der Waals surface area contributed by atoms with Crippen LogP contribution in [0.4, 0.5) is 5.95 Å². The summed E-state index contributed by atoms with van der Waals surface area (Å²) in [5.41, 5.74) is 2.59. The molecule has 0 aliphatic carbocycles. The number of nitrogens with zero attached hydrogens (tertiary/aromatic N) is 3. The number of thioether (sulfide) groups is 1. The maximum absolute atomic E-state index is 4.54. The minimum atomic E-state index is 0.436. The lowest BCUT2D eigenvalue weighted by atomic mass is 10.0. The SMILES string of the molecule is c1ccc2c(c1)SCCC2NCc1cnc(N2CCCC2)nc1. The first kappa shape index (κ1) is 15.0. The van der Waals surface area contributed by atoms with Gasteiger partial charge < -0.3 is 10.2 Å². The normalized spacial score (nSPS) is 20.5. The minimum absolute atomic E-state index is 0.436. The Bertz CT molecular complexity index is 652. The number of rotatable bonds is 4. The molecule has 4 rings (SSSR count). The molecule has 4 nitrogen and oxygen atoms in total. The fraction of sp³-hybridized carbons (Fsp3) is 0.444. The molecule has 0 amide bonds. The van der Waals surface area contributed by atoms with Crippen molar-refractivity contribution in [3.8, 4) is 0 Å². The van der Waals surface area contributed by atoms with Crippen molar-refractivity contribution < 1.29 is 0 Å². The van der Waals surface area contributed by atoms with Gasteiger partial charge in [-0.25, -0.2) is 9.97 Å². The molecule has 0 radical (unpaired) electrons. The maximum atomic E-state index is 4.54. The first-order chi connectivity index (χ1) is 11.4. The van der Waals surface area contributed by atoms with Gasteiger partial charge in [-0.1, -0.05) is 18.2 Å². The zero-order valence-corrected chi connectivity index (χ0v) is 14.1. The highest BCUT2D eigenvalue weighted by Gasteiger charge is 2.20. The number of hydrogen-bond acceptors (Lipinski definition) is 5. The lowest BCUT2D eigenvalue weighted by Crippen LogP contribution is -2.25. The highest BCUT2D eigenvalue weighted by atomic mass is 32.2. The molecule has 1 atom stereocenters. The Morgan fingerprint density at radius 2 is 1.91 bits per heavy atom. The molecule has 0 spiro atoms. The van der Waals surface area contributed by atoms with Gasteiger partial charge in [0.05, 0.1) is 0 Å². The molecular formula is C18H22N4S. The maximum Gasteiger partial charge on any atom is 0.225 e. The highest BCUT2D eigenvalue weighted by molar-refractivity contribution is 7.99. The fourth-order valence-electron chi connectivity index (χ4n) is 3.31. The van der Waals surface area contributed by atoms with Crippen molar-refractivity contribution in [3.63, 3.8) is 0 Å². The van der Waals surface area contributed by atoms with Gasteiger partial charge in [0.15, 0.2) is 0 Å². The second-order valence-electron chi connectivity index (χ2n) is 6.19. The van der Waals surface area contributed by atoms with Crippen molar-refractivity contribution in [3.05, 3.63) is 47.8 Å². The molecule has 3 heterocycles. The van der Waals surface area contributed by atoms with Crippen molar-refractivity contribution in [1.82, 2.24) is 15.3 Å². The lowest BCUT2D eigenvalue weighted by Gasteiger charge is -2.26. The van der Waals surface area contributed by atoms with E-state index >= 15 is 0 Å². The number of benzene rings is 1. The summed E-state index contributed by atoms with van der Waals surface area (Å²) in [5.74, 6) is 2.06. The molecule has 1 unspecified atom stereocenters. The average molecular weight is 326 g/mol. The molecule has 1 fully saturated rings. The predicted octanol–water partition coefficient (Wildman–Crippen LogP) is 3.40. The Hall–Kier alpha value is -1.59. The average Bonchev–Trinajstić information content (AvgIpc) is 3.15. The van der Waals surface area contributed by atoms with Gasteiger partial charge in [-0.15, -0.1) is 11.8 Å². The van der Waals surface area contributed by atoms with Gasteiger partial charge in [0.1, 0.15) is 0 Å². The predicted molar refractivity (Wildman–Crippen MR) is 94.8 cm³/mol. The van der Waals surface area contributed by atoms with E-state index in [0.29, 0.717) is 6.04 Å². The van der Waals surface area contributed by atoms with Gasteiger partial charge in [0.2, 0.25) is 5.95 Å². The first-order valence-electron chi connectivity index (χ1n) is 8.41. The van der Waals surface area contributed by atoms with E-state index < -0.39 is 0 Å². The van der Waals surface area contributed by atoms with E-state index in [9.17, 15) is 0 Å². The molecule has 2 aromatic rings. The van der Waals surface area contributed by atoms with E-state index in [1.807, 2.05) is 24.2 Å². The zero-order valence-electron chi connectivity index (χ0n) is 13.2. The summed E-state index contributed by atoms with van der Waals surface area (Å²) in [6, 6.07) is 9.16. The summed E-state index contributed by atoms with van der Waals surface area (Å²) >= 11 is 1.96. The van der Waals surface area contributed by atoms with Gasteiger partial charge in [-0.2, -0.15) is 0 Å². The van der Waals surface area contributed by atoms with Crippen LogP contribution in [0.15, 0.2) is 41.6 Å². The van der Waals surface area contributed by atoms with Gasteiger partial charge >= 0.3 is 0 Å². The first-order valence-corrected chi connectivity index (χ1v) is 9.40. The van der Waals surface area contributed by atoms with Crippen molar-refractivity contribution in [2.75, 3.05) is 23.7 Å². The van der Waals surface area contributed by atoms with Crippen LogP contribution in [0.5, 0.6) is 0 Å². The summed E-state index contributed by atoms with van der Waals surface area (Å²) in [6.45, 7) is 3.01. The molecule has 1 aromatic heterocycles. The van der Waals surface area contributed by atoms with Crippen LogP contribution in [0, 0.1) is 0 Å². The Kier molecular flexibility index (Phi) is 4.48. The minimum Gasteiger partial charge on any atom is -0.341 e. The van der Waals surface area contributed by atoms with E-state index in [-0.39, 0.29) is 0 Å². The molecule has 0 bridgehead atoms. The molecule has 2 aliphatic heterocycles. The lowest BCUT2D eigenvalue weighted by molar-refractivity contribution is 0.509. The highest BCUT2D eigenvalue weighted by Crippen LogP contribution is 2.35. The summed E-state index contributed by atoms with van der Waals surface area (Å²) in [4.78, 5) is 12.8. The third-order valence-electron chi connectivity index (χ3n) is 4.59. The zero-order chi connectivity index (χ0) is 15.5. The number of fused-ring (bicyclic) bond motifs is 1. The summed E-state index contributed by atoms with van der Waals surface area (Å²) in [5, 5.41) is 3.68. The molecule has 0 saturated carbocycles. The van der Waals surface area contributed by atoms with Crippen LogP contribution >= 0.6 is 11.8 Å². The Labute approximate surface area is 141 Å². The largest absolute Gasteiger partial charge is 0.341 e. The van der Waals surface area contributed by atoms with Gasteiger partial charge in [0, 0.05) is 48.5 Å². The Morgan fingerprint density at radius 3 is 2.74 bits per heavy atom. The third kappa shape index (κ3) is 3.35. The molecule has 1 aromatic carbocycles. The van der Waals surface area contributed by atoms with Crippen molar-refractivity contribution in [2.24, 2.45) is 0 Å². The number of anilines is 1. The van der Waals surface area contributed by atoms with Crippen molar-refractivity contribution in [2.45, 2.75) is 36.7 Å². The molecule has 1 N–H and O–H groups in total. The van der Waals surface area contributed by atoms with E-state index in [2.05, 4.69) is 44.5 Å². The summed E-state index contributed by atoms with van der Waals surface area (Å²) in [7, 11) is 0. The van der Waals surface area contributed by atoms with Crippen molar-refractivity contribution >= 4 is 17.7 Å². The van der Waals surface area contributed by atoms with E-state index in [1.165, 1.54) is 35.5 Å². The topological polar surface area (TPSA) is 41.1 Å². The quantitative estimate of drug-likeness (QED) is 0.932. The van der Waals surface area contributed by atoms with Crippen LogP contribution in [-0.2, 0) is 6.54 Å². The van der Waals surface area contributed by atoms with E-state index in [1.54, 1.807) is 0 Å². The molecule has 2 aliphatic rings. The smallest absolute Gasteiger partial charge is 0.225 e. The Morgan fingerprint density at radius 1 is 1.13 bits per heavy atom. The van der Waals surface area contributed by atoms with Gasteiger partial charge in [-0.05, 0) is 36.6 Å². The standard InChI is InChI=1S/C18H22N4S/c1-2-6-17-15(5-1)16(7-10-23-17)19-11-14-12-20-18(21-13-14)22-8-3-4-9-22/h1-2,5-6,12-13,16,19H,3-4,7-11H2. The van der Waals surface area contributed by atoms with Crippen LogP contribution in [0.2, 0.25) is 0 Å². The van der Waals surface area contributed by atoms with Crippen LogP contribution in [0.3, 0.4) is 0 Å². The number of aromatic nitrogens is 2. The monoisotopic (exact) mass is 326 g/mol. The van der Waals surface area contributed by atoms with Crippen LogP contribution in [0.25, 0.3) is 0 Å². The van der Waals surface area contributed by atoms with Crippen LogP contribution in [-0.4, -0.2) is 28.8 Å². The second-order valence-corrected chi connectivity index (χ2v) is 7.33. The molecule has 1 saturated heterocycles. The molecule has 5 heteroatoms. The summed E-state index contributed by atoms with van der Waals surface area (Å²) < 4.78 is 0. The van der Waals surface area contributed by atoms with Crippen LogP contribution in [0.1, 0.15) is 36.4 Å². The Balaban J connectivity index is 1.39. The van der Waals surface area contributed by atoms with Gasteiger partial charge in [0.25, 0.3) is 0 Å². The number of hydrogen-bond donors (Lipinski definition) is 1. The van der Waals surface area contributed by atoms with Gasteiger partial charge in [-0.3, -0.25) is 0 Å². The molecule has 120 valence electrons.